The molecular formula is C20H22N4O3. The Morgan fingerprint density at radius 2 is 1.63 bits per heavy atom. The first-order valence-electron chi connectivity index (χ1n) is 8.36. The topological polar surface area (TPSA) is 91.5 Å². The minimum Gasteiger partial charge on any atom is -0.497 e. The summed E-state index contributed by atoms with van der Waals surface area (Å²) < 4.78 is 16.5. The van der Waals surface area contributed by atoms with E-state index in [0.717, 1.165) is 11.1 Å². The Bertz CT molecular complexity index is 940. The highest BCUT2D eigenvalue weighted by Crippen LogP contribution is 2.35. The van der Waals surface area contributed by atoms with Crippen LogP contribution in [-0.2, 0) is 0 Å². The predicted octanol–water partition coefficient (Wildman–Crippen LogP) is 4.23. The smallest absolute Gasteiger partial charge is 0.248 e. The van der Waals surface area contributed by atoms with Gasteiger partial charge in [-0.1, -0.05) is 6.07 Å². The molecule has 140 valence electrons. The Morgan fingerprint density at radius 1 is 0.889 bits per heavy atom. The van der Waals surface area contributed by atoms with Crippen LogP contribution in [0.15, 0.2) is 42.7 Å². The van der Waals surface area contributed by atoms with Gasteiger partial charge in [0.25, 0.3) is 0 Å². The molecule has 3 aromatic rings. The molecule has 1 aromatic heterocycles. The van der Waals surface area contributed by atoms with E-state index in [0.29, 0.717) is 34.4 Å². The minimum absolute atomic E-state index is 0.277. The molecule has 0 aliphatic heterocycles. The summed E-state index contributed by atoms with van der Waals surface area (Å²) in [6.07, 6.45) is 1.39. The highest BCUT2D eigenvalue weighted by Gasteiger charge is 2.13. The molecule has 0 saturated carbocycles. The van der Waals surface area contributed by atoms with E-state index in [9.17, 15) is 0 Å². The summed E-state index contributed by atoms with van der Waals surface area (Å²) in [5.41, 5.74) is 9.38. The lowest BCUT2D eigenvalue weighted by atomic mass is 10.1. The van der Waals surface area contributed by atoms with Crippen LogP contribution < -0.4 is 25.3 Å². The van der Waals surface area contributed by atoms with Crippen molar-refractivity contribution in [3.63, 3.8) is 0 Å². The second-order valence-corrected chi connectivity index (χ2v) is 6.06. The molecule has 1 heterocycles. The van der Waals surface area contributed by atoms with Gasteiger partial charge in [-0.05, 0) is 49.2 Å². The van der Waals surface area contributed by atoms with Gasteiger partial charge in [-0.25, -0.2) is 4.98 Å². The fourth-order valence-corrected chi connectivity index (χ4v) is 2.70. The highest BCUT2D eigenvalue weighted by molar-refractivity contribution is 5.75. The summed E-state index contributed by atoms with van der Waals surface area (Å²) >= 11 is 0. The van der Waals surface area contributed by atoms with Gasteiger partial charge in [0.2, 0.25) is 5.88 Å². The van der Waals surface area contributed by atoms with E-state index in [1.165, 1.54) is 6.33 Å². The zero-order chi connectivity index (χ0) is 19.4. The molecule has 0 fully saturated rings. The number of ether oxygens (including phenoxy) is 3. The van der Waals surface area contributed by atoms with Crippen LogP contribution >= 0.6 is 0 Å². The van der Waals surface area contributed by atoms with E-state index >= 15 is 0 Å². The summed E-state index contributed by atoms with van der Waals surface area (Å²) in [5, 5.41) is 3.15. The van der Waals surface area contributed by atoms with E-state index in [-0.39, 0.29) is 5.88 Å². The maximum Gasteiger partial charge on any atom is 0.248 e. The first-order chi connectivity index (χ1) is 13.0. The molecule has 27 heavy (non-hydrogen) atoms. The van der Waals surface area contributed by atoms with Crippen molar-refractivity contribution in [3.05, 3.63) is 53.9 Å². The predicted molar refractivity (Wildman–Crippen MR) is 105 cm³/mol. The lowest BCUT2D eigenvalue weighted by Crippen LogP contribution is -2.04. The van der Waals surface area contributed by atoms with Gasteiger partial charge in [0, 0.05) is 6.07 Å². The van der Waals surface area contributed by atoms with Crippen LogP contribution in [0.25, 0.3) is 0 Å². The van der Waals surface area contributed by atoms with E-state index in [1.54, 1.807) is 26.4 Å². The average Bonchev–Trinajstić information content (AvgIpc) is 2.64. The standard InChI is InChI=1S/C20H22N4O3/c1-12-7-13(2)9-15(8-12)27-20-18(21)19(22-11-23-20)24-16-10-14(25-3)5-6-17(16)26-4/h5-11H,21H2,1-4H3,(H,22,23,24). The number of benzene rings is 2. The molecule has 0 spiro atoms. The van der Waals surface area contributed by atoms with Crippen molar-refractivity contribution >= 4 is 17.2 Å². The number of aryl methyl sites for hydroxylation is 2. The summed E-state index contributed by atoms with van der Waals surface area (Å²) in [6.45, 7) is 4.01. The molecule has 0 aliphatic rings. The van der Waals surface area contributed by atoms with Gasteiger partial charge in [-0.15, -0.1) is 0 Å². The molecule has 0 radical (unpaired) electrons. The molecule has 0 saturated heterocycles. The molecule has 2 aromatic carbocycles. The molecule has 0 bridgehead atoms. The van der Waals surface area contributed by atoms with Crippen molar-refractivity contribution in [2.24, 2.45) is 0 Å². The normalized spacial score (nSPS) is 10.4. The largest absolute Gasteiger partial charge is 0.497 e. The van der Waals surface area contributed by atoms with Crippen LogP contribution in [-0.4, -0.2) is 24.2 Å². The van der Waals surface area contributed by atoms with Gasteiger partial charge in [-0.3, -0.25) is 0 Å². The Hall–Kier alpha value is -3.48. The monoisotopic (exact) mass is 366 g/mol. The van der Waals surface area contributed by atoms with Crippen LogP contribution in [0.5, 0.6) is 23.1 Å². The third-order valence-electron chi connectivity index (χ3n) is 3.92. The van der Waals surface area contributed by atoms with Crippen molar-refractivity contribution in [2.75, 3.05) is 25.3 Å². The third-order valence-corrected chi connectivity index (χ3v) is 3.92. The highest BCUT2D eigenvalue weighted by atomic mass is 16.5. The van der Waals surface area contributed by atoms with E-state index in [4.69, 9.17) is 19.9 Å². The maximum absolute atomic E-state index is 6.23. The Labute approximate surface area is 158 Å². The Kier molecular flexibility index (Phi) is 5.30. The molecule has 0 amide bonds. The Morgan fingerprint density at radius 3 is 2.30 bits per heavy atom. The Balaban J connectivity index is 1.91. The van der Waals surface area contributed by atoms with Crippen LogP contribution in [0.1, 0.15) is 11.1 Å². The molecule has 7 heteroatoms. The zero-order valence-corrected chi connectivity index (χ0v) is 15.7. The lowest BCUT2D eigenvalue weighted by molar-refractivity contribution is 0.405. The second kappa shape index (κ2) is 7.82. The number of hydrogen-bond acceptors (Lipinski definition) is 7. The van der Waals surface area contributed by atoms with Crippen molar-refractivity contribution < 1.29 is 14.2 Å². The fourth-order valence-electron chi connectivity index (χ4n) is 2.70. The first-order valence-corrected chi connectivity index (χ1v) is 8.36. The molecule has 0 atom stereocenters. The number of methoxy groups -OCH3 is 2. The summed E-state index contributed by atoms with van der Waals surface area (Å²) in [7, 11) is 3.19. The van der Waals surface area contributed by atoms with Gasteiger partial charge in [0.05, 0.1) is 19.9 Å². The van der Waals surface area contributed by atoms with E-state index in [1.807, 2.05) is 32.0 Å². The van der Waals surface area contributed by atoms with Crippen LogP contribution in [0, 0.1) is 13.8 Å². The molecule has 0 unspecified atom stereocenters. The summed E-state index contributed by atoms with van der Waals surface area (Å²) in [6, 6.07) is 11.3. The third kappa shape index (κ3) is 4.20. The lowest BCUT2D eigenvalue weighted by Gasteiger charge is -2.15. The van der Waals surface area contributed by atoms with Gasteiger partial charge >= 0.3 is 0 Å². The van der Waals surface area contributed by atoms with Crippen molar-refractivity contribution in [1.82, 2.24) is 9.97 Å². The number of aromatic nitrogens is 2. The second-order valence-electron chi connectivity index (χ2n) is 6.06. The van der Waals surface area contributed by atoms with E-state index in [2.05, 4.69) is 21.4 Å². The molecular weight excluding hydrogens is 344 g/mol. The van der Waals surface area contributed by atoms with Gasteiger partial charge in [0.1, 0.15) is 29.3 Å². The van der Waals surface area contributed by atoms with Crippen molar-refractivity contribution in [3.8, 4) is 23.1 Å². The molecule has 0 aliphatic carbocycles. The number of rotatable bonds is 6. The number of nitrogens with one attached hydrogen (secondary N) is 1. The first kappa shape index (κ1) is 18.3. The van der Waals surface area contributed by atoms with Crippen molar-refractivity contribution in [1.29, 1.82) is 0 Å². The number of anilines is 3. The number of nitrogen functional groups attached to an aromatic ring is 1. The summed E-state index contributed by atoms with van der Waals surface area (Å²) in [4.78, 5) is 8.38. The molecule has 3 N–H and O–H groups in total. The number of nitrogens with two attached hydrogens (primary N) is 1. The van der Waals surface area contributed by atoms with Crippen LogP contribution in [0.4, 0.5) is 17.2 Å². The molecule has 3 rings (SSSR count). The number of nitrogens with zero attached hydrogens (tertiary/aromatic N) is 2. The van der Waals surface area contributed by atoms with Crippen LogP contribution in [0.3, 0.4) is 0 Å². The quantitative estimate of drug-likeness (QED) is 0.674. The zero-order valence-electron chi connectivity index (χ0n) is 15.7. The van der Waals surface area contributed by atoms with Crippen molar-refractivity contribution in [2.45, 2.75) is 13.8 Å². The SMILES string of the molecule is COc1ccc(OC)c(Nc2ncnc(Oc3cc(C)cc(C)c3)c2N)c1. The van der Waals surface area contributed by atoms with Gasteiger partial charge in [0.15, 0.2) is 5.82 Å². The van der Waals surface area contributed by atoms with E-state index < -0.39 is 0 Å². The average molecular weight is 366 g/mol. The maximum atomic E-state index is 6.23. The fraction of sp³-hybridized carbons (Fsp3) is 0.200. The molecule has 7 nitrogen and oxygen atoms in total. The summed E-state index contributed by atoms with van der Waals surface area (Å²) in [5.74, 6) is 2.67. The minimum atomic E-state index is 0.277. The number of hydrogen-bond donors (Lipinski definition) is 2. The van der Waals surface area contributed by atoms with Crippen LogP contribution in [0.2, 0.25) is 0 Å². The van der Waals surface area contributed by atoms with Gasteiger partial charge < -0.3 is 25.3 Å². The van der Waals surface area contributed by atoms with Gasteiger partial charge in [-0.2, -0.15) is 4.98 Å².